The molecular formula is C21H23F3N2O2. The van der Waals surface area contributed by atoms with Crippen LogP contribution in [0.15, 0.2) is 48.8 Å². The number of nitrogens with zero attached hydrogens (tertiary/aromatic N) is 1. The minimum Gasteiger partial charge on any atom is -0.381 e. The van der Waals surface area contributed by atoms with Crippen molar-refractivity contribution in [3.8, 4) is 0 Å². The van der Waals surface area contributed by atoms with Gasteiger partial charge in [0.2, 0.25) is 5.91 Å². The second kappa shape index (κ2) is 9.19. The molecular weight excluding hydrogens is 369 g/mol. The van der Waals surface area contributed by atoms with Gasteiger partial charge in [-0.2, -0.15) is 13.2 Å². The summed E-state index contributed by atoms with van der Waals surface area (Å²) in [5.41, 5.74) is 0.973. The van der Waals surface area contributed by atoms with Crippen LogP contribution in [0.1, 0.15) is 42.0 Å². The van der Waals surface area contributed by atoms with E-state index in [0.717, 1.165) is 30.5 Å². The zero-order valence-corrected chi connectivity index (χ0v) is 15.4. The predicted octanol–water partition coefficient (Wildman–Crippen LogP) is 4.32. The van der Waals surface area contributed by atoms with Crippen molar-refractivity contribution in [2.75, 3.05) is 13.2 Å². The van der Waals surface area contributed by atoms with Gasteiger partial charge in [-0.1, -0.05) is 18.2 Å². The lowest BCUT2D eigenvalue weighted by Gasteiger charge is -2.31. The number of hydrogen-bond donors (Lipinski definition) is 1. The van der Waals surface area contributed by atoms with E-state index in [1.54, 1.807) is 12.4 Å². The van der Waals surface area contributed by atoms with Crippen LogP contribution in [-0.4, -0.2) is 24.1 Å². The van der Waals surface area contributed by atoms with Gasteiger partial charge < -0.3 is 10.1 Å². The van der Waals surface area contributed by atoms with Crippen molar-refractivity contribution in [1.29, 1.82) is 0 Å². The number of carbonyl (C=O) groups is 1. The Morgan fingerprint density at radius 3 is 2.50 bits per heavy atom. The number of aromatic nitrogens is 1. The van der Waals surface area contributed by atoms with Crippen LogP contribution in [0.3, 0.4) is 0 Å². The predicted molar refractivity (Wildman–Crippen MR) is 98.4 cm³/mol. The van der Waals surface area contributed by atoms with Gasteiger partial charge in [0, 0.05) is 32.0 Å². The Morgan fingerprint density at radius 2 is 1.89 bits per heavy atom. The van der Waals surface area contributed by atoms with Crippen molar-refractivity contribution in [2.24, 2.45) is 5.92 Å². The highest BCUT2D eigenvalue weighted by Crippen LogP contribution is 2.30. The number of carbonyl (C=O) groups excluding carboxylic acids is 1. The molecule has 1 aromatic carbocycles. The highest BCUT2D eigenvalue weighted by molar-refractivity contribution is 5.76. The van der Waals surface area contributed by atoms with Crippen LogP contribution in [0.2, 0.25) is 0 Å². The summed E-state index contributed by atoms with van der Waals surface area (Å²) < 4.78 is 43.3. The highest BCUT2D eigenvalue weighted by atomic mass is 19.4. The summed E-state index contributed by atoms with van der Waals surface area (Å²) in [5.74, 6) is 0.146. The van der Waals surface area contributed by atoms with Gasteiger partial charge in [0.1, 0.15) is 0 Å². The smallest absolute Gasteiger partial charge is 0.381 e. The molecule has 0 spiro atoms. The summed E-state index contributed by atoms with van der Waals surface area (Å²) in [4.78, 5) is 16.7. The lowest BCUT2D eigenvalue weighted by molar-refractivity contribution is -0.137. The van der Waals surface area contributed by atoms with Gasteiger partial charge in [0.25, 0.3) is 0 Å². The molecule has 1 amide bonds. The lowest BCUT2D eigenvalue weighted by atomic mass is 9.87. The van der Waals surface area contributed by atoms with Crippen LogP contribution < -0.4 is 5.32 Å². The first-order valence-electron chi connectivity index (χ1n) is 9.36. The maximum absolute atomic E-state index is 12.6. The van der Waals surface area contributed by atoms with Crippen LogP contribution in [0, 0.1) is 5.92 Å². The van der Waals surface area contributed by atoms with E-state index in [0.29, 0.717) is 25.2 Å². The van der Waals surface area contributed by atoms with Crippen LogP contribution in [0.5, 0.6) is 0 Å². The Hall–Kier alpha value is -2.41. The van der Waals surface area contributed by atoms with Crippen LogP contribution in [-0.2, 0) is 22.1 Å². The molecule has 0 bridgehead atoms. The third-order valence-corrected chi connectivity index (χ3v) is 5.02. The molecule has 0 aliphatic carbocycles. The number of pyridine rings is 1. The molecule has 3 rings (SSSR count). The first kappa shape index (κ1) is 20.3. The molecule has 1 N–H and O–H groups in total. The van der Waals surface area contributed by atoms with E-state index < -0.39 is 11.7 Å². The van der Waals surface area contributed by atoms with E-state index in [4.69, 9.17) is 4.74 Å². The molecule has 28 heavy (non-hydrogen) atoms. The lowest BCUT2D eigenvalue weighted by Crippen LogP contribution is -2.36. The first-order chi connectivity index (χ1) is 13.4. The number of benzene rings is 1. The number of alkyl halides is 3. The number of nitrogens with one attached hydrogen (secondary N) is 1. The molecule has 2 heterocycles. The summed E-state index contributed by atoms with van der Waals surface area (Å²) in [5, 5.41) is 3.09. The average Bonchev–Trinajstić information content (AvgIpc) is 2.71. The molecule has 1 saturated heterocycles. The topological polar surface area (TPSA) is 51.2 Å². The summed E-state index contributed by atoms with van der Waals surface area (Å²) >= 11 is 0. The molecule has 4 nitrogen and oxygen atoms in total. The molecule has 150 valence electrons. The first-order valence-corrected chi connectivity index (χ1v) is 9.36. The fourth-order valence-corrected chi connectivity index (χ4v) is 3.45. The van der Waals surface area contributed by atoms with Gasteiger partial charge in [-0.15, -0.1) is 0 Å². The van der Waals surface area contributed by atoms with Crippen molar-refractivity contribution in [3.05, 3.63) is 65.5 Å². The molecule has 1 aliphatic rings. The zero-order valence-electron chi connectivity index (χ0n) is 15.4. The van der Waals surface area contributed by atoms with Crippen molar-refractivity contribution in [3.63, 3.8) is 0 Å². The van der Waals surface area contributed by atoms with Crippen molar-refractivity contribution in [1.82, 2.24) is 10.3 Å². The van der Waals surface area contributed by atoms with Gasteiger partial charge in [-0.3, -0.25) is 9.78 Å². The molecule has 0 saturated carbocycles. The van der Waals surface area contributed by atoms with Crippen molar-refractivity contribution in [2.45, 2.75) is 37.9 Å². The number of halogens is 3. The maximum Gasteiger partial charge on any atom is 0.416 e. The van der Waals surface area contributed by atoms with Crippen LogP contribution in [0.25, 0.3) is 0 Å². The highest BCUT2D eigenvalue weighted by Gasteiger charge is 2.30. The monoisotopic (exact) mass is 392 g/mol. The average molecular weight is 392 g/mol. The normalized spacial score (nSPS) is 16.5. The molecule has 1 aromatic heterocycles. The quantitative estimate of drug-likeness (QED) is 0.797. The molecule has 0 unspecified atom stereocenters. The number of hydrogen-bond acceptors (Lipinski definition) is 3. The van der Waals surface area contributed by atoms with Gasteiger partial charge in [0.15, 0.2) is 0 Å². The van der Waals surface area contributed by atoms with Crippen molar-refractivity contribution >= 4 is 5.91 Å². The second-order valence-corrected chi connectivity index (χ2v) is 6.98. The Bertz CT molecular complexity index is 757. The van der Waals surface area contributed by atoms with Gasteiger partial charge in [0.05, 0.1) is 11.6 Å². The number of amides is 1. The van der Waals surface area contributed by atoms with E-state index in [1.165, 1.54) is 12.1 Å². The summed E-state index contributed by atoms with van der Waals surface area (Å²) in [7, 11) is 0. The van der Waals surface area contributed by atoms with Crippen molar-refractivity contribution < 1.29 is 22.7 Å². The van der Waals surface area contributed by atoms with E-state index in [2.05, 4.69) is 10.3 Å². The zero-order chi connectivity index (χ0) is 20.0. The van der Waals surface area contributed by atoms with Gasteiger partial charge in [-0.05, 0) is 54.5 Å². The molecule has 7 heteroatoms. The second-order valence-electron chi connectivity index (χ2n) is 6.98. The summed E-state index contributed by atoms with van der Waals surface area (Å²) in [6.07, 6.45) is 1.42. The maximum atomic E-state index is 12.6. The van der Waals surface area contributed by atoms with Crippen LogP contribution in [0.4, 0.5) is 13.2 Å². The number of aryl methyl sites for hydroxylation is 1. The van der Waals surface area contributed by atoms with Gasteiger partial charge >= 0.3 is 6.18 Å². The number of rotatable bonds is 6. The molecule has 2 aromatic rings. The van der Waals surface area contributed by atoms with E-state index in [-0.39, 0.29) is 24.3 Å². The minimum atomic E-state index is -4.35. The fourth-order valence-electron chi connectivity index (χ4n) is 3.45. The Kier molecular flexibility index (Phi) is 6.67. The van der Waals surface area contributed by atoms with E-state index in [9.17, 15) is 18.0 Å². The molecule has 1 aliphatic heterocycles. The number of ether oxygens (including phenoxy) is 1. The minimum absolute atomic E-state index is 0.125. The summed E-state index contributed by atoms with van der Waals surface area (Å²) in [6, 6.07) is 8.60. The fraction of sp³-hybridized carbons (Fsp3) is 0.429. The third-order valence-electron chi connectivity index (χ3n) is 5.02. The Morgan fingerprint density at radius 1 is 1.18 bits per heavy atom. The van der Waals surface area contributed by atoms with Gasteiger partial charge in [-0.25, -0.2) is 0 Å². The molecule has 0 radical (unpaired) electrons. The Balaban J connectivity index is 1.60. The molecule has 1 fully saturated rings. The van der Waals surface area contributed by atoms with E-state index >= 15 is 0 Å². The van der Waals surface area contributed by atoms with Crippen LogP contribution >= 0.6 is 0 Å². The SMILES string of the molecule is O=C(CCc1ccc(C(F)(F)F)cc1)N[C@H](c1cccnc1)C1CCOCC1. The van der Waals surface area contributed by atoms with E-state index in [1.807, 2.05) is 12.1 Å². The standard InChI is InChI=1S/C21H23F3N2O2/c22-21(23,24)18-6-3-15(4-7-18)5-8-19(27)26-20(16-9-12-28-13-10-16)17-2-1-11-25-14-17/h1-4,6-7,11,14,16,20H,5,8-10,12-13H2,(H,26,27)/t20-/m0/s1. The Labute approximate surface area is 162 Å². The largest absolute Gasteiger partial charge is 0.416 e. The summed E-state index contributed by atoms with van der Waals surface area (Å²) in [6.45, 7) is 1.34. The third kappa shape index (κ3) is 5.55. The molecule has 1 atom stereocenters.